The molecule has 0 radical (unpaired) electrons. The van der Waals surface area contributed by atoms with E-state index in [4.69, 9.17) is 11.6 Å². The van der Waals surface area contributed by atoms with Crippen molar-refractivity contribution in [2.24, 2.45) is 0 Å². The van der Waals surface area contributed by atoms with Crippen molar-refractivity contribution in [1.29, 1.82) is 0 Å². The molecular weight excluding hydrogens is 510 g/mol. The molecule has 42 heavy (non-hydrogen) atoms. The molecule has 0 N–H and O–H groups in total. The second kappa shape index (κ2) is 9.66. The molecule has 0 aliphatic heterocycles. The third-order valence-electron chi connectivity index (χ3n) is 8.09. The lowest BCUT2D eigenvalue weighted by Crippen LogP contribution is -1.90. The van der Waals surface area contributed by atoms with Crippen molar-refractivity contribution in [3.05, 3.63) is 151 Å². The highest BCUT2D eigenvalue weighted by Crippen LogP contribution is 2.39. The molecule has 194 valence electrons. The fourth-order valence-corrected chi connectivity index (χ4v) is 5.98. The van der Waals surface area contributed by atoms with Gasteiger partial charge in [-0.1, -0.05) is 103 Å². The normalized spacial score (nSPS) is 11.3. The van der Waals surface area contributed by atoms with Crippen LogP contribution in [0.15, 0.2) is 140 Å². The van der Waals surface area contributed by atoms with Crippen LogP contribution in [0.4, 0.5) is 5.69 Å². The Balaban J connectivity index is 1.30. The SMILES string of the molecule is [C-]#[N+]c1ccc(-c2cc3ccccc3cc2-c2ccc3c(-c4ccc5ccc6cccnc6c5n4)cccc3c2)cc1. The molecule has 2 heterocycles. The van der Waals surface area contributed by atoms with Crippen LogP contribution in [0.25, 0.3) is 81.7 Å². The van der Waals surface area contributed by atoms with Crippen molar-refractivity contribution < 1.29 is 0 Å². The maximum Gasteiger partial charge on any atom is 0.187 e. The molecule has 0 fully saturated rings. The van der Waals surface area contributed by atoms with Crippen LogP contribution in [0.5, 0.6) is 0 Å². The van der Waals surface area contributed by atoms with Crippen molar-refractivity contribution in [3.63, 3.8) is 0 Å². The van der Waals surface area contributed by atoms with Crippen LogP contribution in [0, 0.1) is 6.57 Å². The van der Waals surface area contributed by atoms with Crippen LogP contribution in [0.3, 0.4) is 0 Å². The predicted octanol–water partition coefficient (Wildman–Crippen LogP) is 10.6. The van der Waals surface area contributed by atoms with Gasteiger partial charge in [0.1, 0.15) is 0 Å². The lowest BCUT2D eigenvalue weighted by molar-refractivity contribution is 1.37. The third-order valence-corrected chi connectivity index (χ3v) is 8.09. The minimum Gasteiger partial charge on any atom is -0.254 e. The van der Waals surface area contributed by atoms with Crippen molar-refractivity contribution in [1.82, 2.24) is 9.97 Å². The summed E-state index contributed by atoms with van der Waals surface area (Å²) in [6, 6.07) is 46.5. The van der Waals surface area contributed by atoms with Crippen LogP contribution in [-0.2, 0) is 0 Å². The van der Waals surface area contributed by atoms with Crippen LogP contribution in [-0.4, -0.2) is 9.97 Å². The highest BCUT2D eigenvalue weighted by Gasteiger charge is 2.13. The zero-order valence-corrected chi connectivity index (χ0v) is 22.6. The van der Waals surface area contributed by atoms with Crippen LogP contribution >= 0.6 is 0 Å². The third kappa shape index (κ3) is 3.98. The Labute approximate surface area is 243 Å². The van der Waals surface area contributed by atoms with E-state index in [1.807, 2.05) is 36.5 Å². The van der Waals surface area contributed by atoms with Crippen LogP contribution in [0.1, 0.15) is 0 Å². The summed E-state index contributed by atoms with van der Waals surface area (Å²) < 4.78 is 0. The summed E-state index contributed by atoms with van der Waals surface area (Å²) in [5, 5.41) is 6.88. The Morgan fingerprint density at radius 3 is 1.93 bits per heavy atom. The monoisotopic (exact) mass is 533 g/mol. The van der Waals surface area contributed by atoms with Gasteiger partial charge in [0, 0.05) is 22.5 Å². The summed E-state index contributed by atoms with van der Waals surface area (Å²) in [6.07, 6.45) is 1.83. The number of benzene rings is 6. The van der Waals surface area contributed by atoms with Crippen molar-refractivity contribution in [2.45, 2.75) is 0 Å². The molecule has 2 aromatic heterocycles. The fraction of sp³-hybridized carbons (Fsp3) is 0. The molecule has 8 aromatic rings. The Morgan fingerprint density at radius 1 is 0.476 bits per heavy atom. The molecule has 0 aliphatic rings. The molecule has 0 amide bonds. The van der Waals surface area contributed by atoms with E-state index in [-0.39, 0.29) is 0 Å². The zero-order chi connectivity index (χ0) is 28.0. The summed E-state index contributed by atoms with van der Waals surface area (Å²) >= 11 is 0. The van der Waals surface area contributed by atoms with Crippen molar-refractivity contribution >= 4 is 49.0 Å². The highest BCUT2D eigenvalue weighted by molar-refractivity contribution is 6.05. The summed E-state index contributed by atoms with van der Waals surface area (Å²) in [6.45, 7) is 7.35. The summed E-state index contributed by atoms with van der Waals surface area (Å²) in [7, 11) is 0. The number of hydrogen-bond donors (Lipinski definition) is 0. The summed E-state index contributed by atoms with van der Waals surface area (Å²) in [5.74, 6) is 0. The average Bonchev–Trinajstić information content (AvgIpc) is 3.07. The zero-order valence-electron chi connectivity index (χ0n) is 22.6. The average molecular weight is 534 g/mol. The van der Waals surface area contributed by atoms with E-state index in [2.05, 4.69) is 113 Å². The quantitative estimate of drug-likeness (QED) is 0.167. The van der Waals surface area contributed by atoms with E-state index in [0.29, 0.717) is 5.69 Å². The molecule has 0 spiro atoms. The van der Waals surface area contributed by atoms with E-state index < -0.39 is 0 Å². The molecule has 3 nitrogen and oxygen atoms in total. The maximum atomic E-state index is 7.35. The first-order valence-electron chi connectivity index (χ1n) is 13.9. The number of aromatic nitrogens is 2. The molecule has 0 saturated heterocycles. The first-order chi connectivity index (χ1) is 20.7. The standard InChI is InChI=1S/C39H23N3/c1-40-32-17-13-25(14-18-32)35-23-28-6-2-3-7-29(28)24-36(35)31-15-19-33-30(22-31)8-4-10-34(33)37-20-16-27-12-11-26-9-5-21-41-38(26)39(27)42-37/h2-24H. The molecular formula is C39H23N3. The highest BCUT2D eigenvalue weighted by atomic mass is 14.8. The topological polar surface area (TPSA) is 30.1 Å². The van der Waals surface area contributed by atoms with Gasteiger partial charge in [0.2, 0.25) is 0 Å². The van der Waals surface area contributed by atoms with Crippen LogP contribution in [0.2, 0.25) is 0 Å². The minimum atomic E-state index is 0.644. The molecule has 0 unspecified atom stereocenters. The molecule has 3 heteroatoms. The van der Waals surface area contributed by atoms with Crippen molar-refractivity contribution in [2.75, 3.05) is 0 Å². The van der Waals surface area contributed by atoms with Gasteiger partial charge in [0.25, 0.3) is 0 Å². The first kappa shape index (κ1) is 24.0. The molecule has 6 aromatic carbocycles. The lowest BCUT2D eigenvalue weighted by Gasteiger charge is -2.15. The minimum absolute atomic E-state index is 0.644. The molecule has 0 saturated carbocycles. The van der Waals surface area contributed by atoms with E-state index >= 15 is 0 Å². The first-order valence-corrected chi connectivity index (χ1v) is 13.9. The Hall–Kier alpha value is -5.85. The Bertz CT molecular complexity index is 2360. The number of pyridine rings is 2. The van der Waals surface area contributed by atoms with E-state index in [1.165, 1.54) is 10.8 Å². The number of hydrogen-bond acceptors (Lipinski definition) is 2. The van der Waals surface area contributed by atoms with Crippen molar-refractivity contribution in [3.8, 4) is 33.5 Å². The fourth-order valence-electron chi connectivity index (χ4n) is 5.98. The van der Waals surface area contributed by atoms with Gasteiger partial charge in [0.05, 0.1) is 23.3 Å². The van der Waals surface area contributed by atoms with Crippen LogP contribution < -0.4 is 0 Å². The van der Waals surface area contributed by atoms with Gasteiger partial charge in [-0.15, -0.1) is 0 Å². The number of fused-ring (bicyclic) bond motifs is 5. The lowest BCUT2D eigenvalue weighted by atomic mass is 9.90. The van der Waals surface area contributed by atoms with E-state index in [1.54, 1.807) is 0 Å². The second-order valence-corrected chi connectivity index (χ2v) is 10.6. The maximum absolute atomic E-state index is 7.35. The smallest absolute Gasteiger partial charge is 0.187 e. The van der Waals surface area contributed by atoms with Gasteiger partial charge >= 0.3 is 0 Å². The Morgan fingerprint density at radius 2 is 1.14 bits per heavy atom. The number of rotatable bonds is 3. The van der Waals surface area contributed by atoms with Gasteiger partial charge < -0.3 is 0 Å². The van der Waals surface area contributed by atoms with Gasteiger partial charge in [0.15, 0.2) is 5.69 Å². The summed E-state index contributed by atoms with van der Waals surface area (Å²) in [4.78, 5) is 13.3. The summed E-state index contributed by atoms with van der Waals surface area (Å²) in [5.41, 5.74) is 9.08. The van der Waals surface area contributed by atoms with E-state index in [9.17, 15) is 0 Å². The van der Waals surface area contributed by atoms with Gasteiger partial charge in [-0.3, -0.25) is 4.98 Å². The van der Waals surface area contributed by atoms with E-state index in [0.717, 1.165) is 66.1 Å². The molecule has 8 rings (SSSR count). The predicted molar refractivity (Wildman–Crippen MR) is 175 cm³/mol. The molecule has 0 aliphatic carbocycles. The van der Waals surface area contributed by atoms with Gasteiger partial charge in [-0.05, 0) is 74.1 Å². The second-order valence-electron chi connectivity index (χ2n) is 10.6. The van der Waals surface area contributed by atoms with Gasteiger partial charge in [-0.25, -0.2) is 9.83 Å². The molecule has 0 atom stereocenters. The Kier molecular flexibility index (Phi) is 5.52. The van der Waals surface area contributed by atoms with Gasteiger partial charge in [-0.2, -0.15) is 0 Å². The largest absolute Gasteiger partial charge is 0.254 e. The molecule has 0 bridgehead atoms. The number of nitrogens with zero attached hydrogens (tertiary/aromatic N) is 3.